The fourth-order valence-electron chi connectivity index (χ4n) is 6.77. The van der Waals surface area contributed by atoms with Crippen LogP contribution in [0.5, 0.6) is 0 Å². The molecule has 2 aliphatic rings. The second-order valence-corrected chi connectivity index (χ2v) is 12.6. The monoisotopic (exact) mass is 668 g/mol. The molecule has 3 aromatic heterocycles. The fraction of sp³-hybridized carbons (Fsp3) is 0.351. The van der Waals surface area contributed by atoms with Gasteiger partial charge < -0.3 is 30.0 Å². The third-order valence-corrected chi connectivity index (χ3v) is 9.56. The molecule has 5 heterocycles. The summed E-state index contributed by atoms with van der Waals surface area (Å²) in [5.41, 5.74) is 11.8. The molecule has 0 aromatic carbocycles. The highest BCUT2D eigenvalue weighted by Crippen LogP contribution is 2.38. The molecule has 2 aliphatic heterocycles. The summed E-state index contributed by atoms with van der Waals surface area (Å²) in [5, 5.41) is 38.2. The van der Waals surface area contributed by atoms with Gasteiger partial charge in [0.2, 0.25) is 0 Å². The lowest BCUT2D eigenvalue weighted by atomic mass is 9.99. The summed E-state index contributed by atoms with van der Waals surface area (Å²) >= 11 is 0. The van der Waals surface area contributed by atoms with E-state index in [1.54, 1.807) is 0 Å². The van der Waals surface area contributed by atoms with Crippen LogP contribution in [0.3, 0.4) is 0 Å². The molecule has 0 unspecified atom stereocenters. The number of aliphatic carboxylic acids is 4. The Bertz CT molecular complexity index is 2150. The van der Waals surface area contributed by atoms with Crippen LogP contribution in [0.15, 0.2) is 24.3 Å². The minimum atomic E-state index is -0.945. The molecule has 0 radical (unpaired) electrons. The van der Waals surface area contributed by atoms with Crippen molar-refractivity contribution in [3.8, 4) is 0 Å². The van der Waals surface area contributed by atoms with Gasteiger partial charge in [0.15, 0.2) is 0 Å². The van der Waals surface area contributed by atoms with E-state index in [4.69, 9.17) is 9.97 Å². The van der Waals surface area contributed by atoms with E-state index in [0.29, 0.717) is 33.8 Å². The first-order valence-corrected chi connectivity index (χ1v) is 16.1. The number of nitrogens with one attached hydrogen (secondary N) is 1. The molecule has 0 amide bonds. The third kappa shape index (κ3) is 7.18. The number of carboxylic acid groups (broad SMARTS) is 4. The lowest BCUT2D eigenvalue weighted by molar-refractivity contribution is -0.138. The Kier molecular flexibility index (Phi) is 9.88. The number of carboxylic acids is 4. The number of allylic oxidation sites excluding steroid dienone is 4. The van der Waals surface area contributed by atoms with Crippen LogP contribution in [0, 0.1) is 13.8 Å². The number of hydrogen-bond donors (Lipinski definition) is 5. The maximum atomic E-state index is 11.7. The molecule has 49 heavy (non-hydrogen) atoms. The van der Waals surface area contributed by atoms with Crippen molar-refractivity contribution in [2.45, 2.75) is 79.1 Å². The number of nitrogens with zero attached hydrogens (tertiary/aromatic N) is 3. The van der Waals surface area contributed by atoms with Crippen molar-refractivity contribution in [2.24, 2.45) is 7.05 Å². The molecular weight excluding hydrogens is 628 g/mol. The number of aromatic nitrogens is 4. The van der Waals surface area contributed by atoms with Gasteiger partial charge in [0.1, 0.15) is 0 Å². The Morgan fingerprint density at radius 1 is 0.571 bits per heavy atom. The van der Waals surface area contributed by atoms with Gasteiger partial charge in [0.05, 0.1) is 22.8 Å². The van der Waals surface area contributed by atoms with E-state index >= 15 is 0 Å². The zero-order valence-electron chi connectivity index (χ0n) is 28.2. The van der Waals surface area contributed by atoms with E-state index in [1.165, 1.54) is 0 Å². The van der Waals surface area contributed by atoms with Crippen LogP contribution < -0.4 is 0 Å². The van der Waals surface area contributed by atoms with Crippen molar-refractivity contribution in [1.29, 1.82) is 0 Å². The van der Waals surface area contributed by atoms with Crippen LogP contribution in [0.2, 0.25) is 0 Å². The number of aryl methyl sites for hydroxylation is 5. The second-order valence-electron chi connectivity index (χ2n) is 12.6. The summed E-state index contributed by atoms with van der Waals surface area (Å²) < 4.78 is 1.96. The molecule has 0 spiro atoms. The fourth-order valence-corrected chi connectivity index (χ4v) is 6.77. The maximum Gasteiger partial charge on any atom is 0.303 e. The number of H-pyrrole nitrogens is 1. The summed E-state index contributed by atoms with van der Waals surface area (Å²) in [6, 6.07) is 7.54. The molecule has 256 valence electrons. The van der Waals surface area contributed by atoms with E-state index in [0.717, 1.165) is 55.6 Å². The van der Waals surface area contributed by atoms with Crippen molar-refractivity contribution in [1.82, 2.24) is 19.5 Å². The van der Waals surface area contributed by atoms with Crippen molar-refractivity contribution in [3.63, 3.8) is 0 Å². The number of fused-ring (bicyclic) bond motifs is 8. The number of carbonyl (C=O) groups is 4. The van der Waals surface area contributed by atoms with Gasteiger partial charge in [-0.25, -0.2) is 9.97 Å². The standard InChI is InChI=1S/C37H40N4O8/c1-18-22(6-10-34(42)43)29-15-30-23(7-11-35(44)45)20(3)28(40-30)16-33-25(9-13-37(48)49)21(4)32(41(33)5)17-31-24(8-12-36(46)47)19(2)27(39-31)14-26(18)38-29/h14-17,38H,6-13H2,1-5H3,(H,42,43)(H,44,45)(H,46,47)(H,48,49). The van der Waals surface area contributed by atoms with Gasteiger partial charge in [-0.1, -0.05) is 0 Å². The van der Waals surface area contributed by atoms with E-state index in [-0.39, 0.29) is 51.4 Å². The lowest BCUT2D eigenvalue weighted by Crippen LogP contribution is -1.98. The topological polar surface area (TPSA) is 196 Å². The molecule has 0 aliphatic carbocycles. The summed E-state index contributed by atoms with van der Waals surface area (Å²) in [6.45, 7) is 7.63. The van der Waals surface area contributed by atoms with Crippen molar-refractivity contribution < 1.29 is 39.6 Å². The van der Waals surface area contributed by atoms with Crippen LogP contribution >= 0.6 is 0 Å². The molecule has 12 nitrogen and oxygen atoms in total. The normalized spacial score (nSPS) is 12.9. The SMILES string of the molecule is CC1=C(CCC(=O)O)c2cc3[nH]c(cc4nc(cc5c(C)c(CCC(=O)O)c(cc1n2)n5C)C(CCC(=O)O)=C4C)c(C)c3CCC(=O)O. The molecule has 12 heteroatoms. The number of hydrogen-bond acceptors (Lipinski definition) is 6. The quantitative estimate of drug-likeness (QED) is 0.141. The van der Waals surface area contributed by atoms with E-state index in [9.17, 15) is 39.6 Å². The molecule has 0 saturated carbocycles. The number of aromatic amines is 1. The second kappa shape index (κ2) is 13.9. The van der Waals surface area contributed by atoms with Crippen molar-refractivity contribution >= 4 is 68.2 Å². The van der Waals surface area contributed by atoms with Gasteiger partial charge in [-0.3, -0.25) is 19.2 Å². The van der Waals surface area contributed by atoms with Gasteiger partial charge in [0, 0.05) is 54.8 Å². The van der Waals surface area contributed by atoms with Crippen LogP contribution in [-0.2, 0) is 39.1 Å². The van der Waals surface area contributed by atoms with Gasteiger partial charge in [0.25, 0.3) is 0 Å². The summed E-state index contributed by atoms with van der Waals surface area (Å²) in [4.78, 5) is 60.0. The summed E-state index contributed by atoms with van der Waals surface area (Å²) in [6.07, 6.45) is 0.601. The molecule has 5 N–H and O–H groups in total. The Labute approximate surface area is 282 Å². The molecule has 5 rings (SSSR count). The average molecular weight is 669 g/mol. The van der Waals surface area contributed by atoms with Gasteiger partial charge in [-0.05, 0) is 122 Å². The highest BCUT2D eigenvalue weighted by Gasteiger charge is 2.23. The van der Waals surface area contributed by atoms with Gasteiger partial charge in [-0.2, -0.15) is 0 Å². The molecule has 0 atom stereocenters. The Morgan fingerprint density at radius 2 is 1.00 bits per heavy atom. The molecule has 8 bridgehead atoms. The van der Waals surface area contributed by atoms with Crippen molar-refractivity contribution in [2.75, 3.05) is 0 Å². The van der Waals surface area contributed by atoms with E-state index in [1.807, 2.05) is 63.6 Å². The zero-order chi connectivity index (χ0) is 35.7. The first-order chi connectivity index (χ1) is 23.2. The van der Waals surface area contributed by atoms with E-state index < -0.39 is 23.9 Å². The Balaban J connectivity index is 1.95. The Hall–Kier alpha value is -5.52. The zero-order valence-corrected chi connectivity index (χ0v) is 28.2. The average Bonchev–Trinajstić information content (AvgIpc) is 3.65. The highest BCUT2D eigenvalue weighted by molar-refractivity contribution is 5.96. The van der Waals surface area contributed by atoms with Crippen LogP contribution in [0.4, 0.5) is 0 Å². The molecule has 0 fully saturated rings. The first-order valence-electron chi connectivity index (χ1n) is 16.1. The largest absolute Gasteiger partial charge is 0.481 e. The molecular formula is C37H40N4O8. The van der Waals surface area contributed by atoms with E-state index in [2.05, 4.69) is 4.98 Å². The minimum Gasteiger partial charge on any atom is -0.481 e. The molecule has 0 saturated heterocycles. The van der Waals surface area contributed by atoms with Crippen molar-refractivity contribution in [3.05, 3.63) is 69.3 Å². The smallest absolute Gasteiger partial charge is 0.303 e. The van der Waals surface area contributed by atoms with Gasteiger partial charge in [-0.15, -0.1) is 0 Å². The van der Waals surface area contributed by atoms with Gasteiger partial charge >= 0.3 is 23.9 Å². The van der Waals surface area contributed by atoms with Crippen LogP contribution in [-0.4, -0.2) is 63.8 Å². The minimum absolute atomic E-state index is 0.0872. The highest BCUT2D eigenvalue weighted by atomic mass is 16.4. The predicted molar refractivity (Wildman–Crippen MR) is 186 cm³/mol. The first kappa shape index (κ1) is 34.8. The van der Waals surface area contributed by atoms with Crippen LogP contribution in [0.1, 0.15) is 97.4 Å². The van der Waals surface area contributed by atoms with Crippen LogP contribution in [0.25, 0.3) is 44.4 Å². The predicted octanol–water partition coefficient (Wildman–Crippen LogP) is 6.57. The third-order valence-electron chi connectivity index (χ3n) is 9.56. The summed E-state index contributed by atoms with van der Waals surface area (Å²) in [5.74, 6) is -3.75. The molecule has 3 aromatic rings. The lowest BCUT2D eigenvalue weighted by Gasteiger charge is -2.04. The number of rotatable bonds is 12. The Morgan fingerprint density at radius 3 is 1.53 bits per heavy atom. The summed E-state index contributed by atoms with van der Waals surface area (Å²) in [7, 11) is 1.88. The maximum absolute atomic E-state index is 11.7.